The van der Waals surface area contributed by atoms with Gasteiger partial charge in [-0.1, -0.05) is 54.6 Å². The first-order chi connectivity index (χ1) is 14.5. The van der Waals surface area contributed by atoms with Gasteiger partial charge in [-0.15, -0.1) is 0 Å². The van der Waals surface area contributed by atoms with Gasteiger partial charge in [-0.25, -0.2) is 8.42 Å². The summed E-state index contributed by atoms with van der Waals surface area (Å²) in [7, 11) is -2.09. The van der Waals surface area contributed by atoms with Gasteiger partial charge in [-0.2, -0.15) is 4.31 Å². The molecule has 0 spiro atoms. The van der Waals surface area contributed by atoms with Gasteiger partial charge in [0, 0.05) is 19.6 Å². The summed E-state index contributed by atoms with van der Waals surface area (Å²) in [4.78, 5) is 0.244. The van der Waals surface area contributed by atoms with E-state index < -0.39 is 10.0 Å². The zero-order valence-corrected chi connectivity index (χ0v) is 17.7. The van der Waals surface area contributed by atoms with Crippen molar-refractivity contribution in [3.05, 3.63) is 90.0 Å². The number of benzene rings is 3. The molecule has 0 aromatic heterocycles. The van der Waals surface area contributed by atoms with E-state index in [1.54, 1.807) is 49.6 Å². The van der Waals surface area contributed by atoms with Crippen LogP contribution in [0.2, 0.25) is 0 Å². The summed E-state index contributed by atoms with van der Waals surface area (Å²) in [6.45, 7) is 1.04. The molecule has 0 bridgehead atoms. The molecule has 3 aromatic rings. The lowest BCUT2D eigenvalue weighted by Crippen LogP contribution is -2.34. The summed E-state index contributed by atoms with van der Waals surface area (Å²) in [5, 5.41) is 0. The van der Waals surface area contributed by atoms with Crippen molar-refractivity contribution < 1.29 is 17.9 Å². The van der Waals surface area contributed by atoms with Crippen LogP contribution in [0.15, 0.2) is 83.8 Å². The average molecular weight is 427 g/mol. The molecule has 2 N–H and O–H groups in total. The second-order valence-corrected chi connectivity index (χ2v) is 8.64. The third-order valence-corrected chi connectivity index (χ3v) is 6.44. The van der Waals surface area contributed by atoms with Crippen molar-refractivity contribution in [3.8, 4) is 11.5 Å². The molecule has 0 aliphatic carbocycles. The number of ether oxygens (including phenoxy) is 2. The highest BCUT2D eigenvalue weighted by Crippen LogP contribution is 2.30. The highest BCUT2D eigenvalue weighted by molar-refractivity contribution is 7.89. The van der Waals surface area contributed by atoms with Crippen molar-refractivity contribution in [2.45, 2.75) is 18.0 Å². The van der Waals surface area contributed by atoms with Crippen LogP contribution in [0.1, 0.15) is 11.1 Å². The van der Waals surface area contributed by atoms with Gasteiger partial charge in [-0.3, -0.25) is 0 Å². The van der Waals surface area contributed by atoms with Crippen molar-refractivity contribution in [3.63, 3.8) is 0 Å². The third-order valence-electron chi connectivity index (χ3n) is 4.58. The van der Waals surface area contributed by atoms with Crippen molar-refractivity contribution in [1.82, 2.24) is 4.31 Å². The summed E-state index contributed by atoms with van der Waals surface area (Å²) in [6, 6.07) is 23.6. The average Bonchev–Trinajstić information content (AvgIpc) is 2.79. The van der Waals surface area contributed by atoms with Gasteiger partial charge in [0.1, 0.15) is 6.61 Å². The Morgan fingerprint density at radius 2 is 1.53 bits per heavy atom. The van der Waals surface area contributed by atoms with E-state index in [4.69, 9.17) is 15.2 Å². The first kappa shape index (κ1) is 21.8. The van der Waals surface area contributed by atoms with Crippen molar-refractivity contribution in [2.75, 3.05) is 20.2 Å². The molecule has 0 aliphatic rings. The van der Waals surface area contributed by atoms with Gasteiger partial charge >= 0.3 is 0 Å². The Kier molecular flexibility index (Phi) is 7.46. The van der Waals surface area contributed by atoms with E-state index in [0.29, 0.717) is 18.1 Å². The predicted octanol–water partition coefficient (Wildman–Crippen LogP) is 3.42. The molecule has 6 nitrogen and oxygen atoms in total. The standard InChI is InChI=1S/C23H26N2O4S/c1-28-23-16-20(12-13-22(23)29-18-19-8-4-2-5-9-19)17-25(15-14-24)30(26,27)21-10-6-3-7-11-21/h2-13,16H,14-15,17-18,24H2,1H3. The van der Waals surface area contributed by atoms with Crippen LogP contribution in [0, 0.1) is 0 Å². The number of methoxy groups -OCH3 is 1. The Hall–Kier alpha value is -2.87. The van der Waals surface area contributed by atoms with E-state index in [1.165, 1.54) is 4.31 Å². The fraction of sp³-hybridized carbons (Fsp3) is 0.217. The zero-order valence-electron chi connectivity index (χ0n) is 16.9. The molecule has 0 fully saturated rings. The van der Waals surface area contributed by atoms with Crippen LogP contribution in [0.3, 0.4) is 0 Å². The summed E-state index contributed by atoms with van der Waals surface area (Å²) in [5.41, 5.74) is 7.51. The molecular weight excluding hydrogens is 400 g/mol. The van der Waals surface area contributed by atoms with Gasteiger partial charge in [-0.05, 0) is 35.4 Å². The molecule has 3 rings (SSSR count). The van der Waals surface area contributed by atoms with E-state index in [2.05, 4.69) is 0 Å². The molecule has 0 heterocycles. The second kappa shape index (κ2) is 10.2. The SMILES string of the molecule is COc1cc(CN(CCN)S(=O)(=O)c2ccccc2)ccc1OCc1ccccc1. The highest BCUT2D eigenvalue weighted by Gasteiger charge is 2.24. The summed E-state index contributed by atoms with van der Waals surface area (Å²) < 4.78 is 38.8. The predicted molar refractivity (Wildman–Crippen MR) is 117 cm³/mol. The smallest absolute Gasteiger partial charge is 0.243 e. The van der Waals surface area contributed by atoms with Crippen LogP contribution in [-0.2, 0) is 23.2 Å². The van der Waals surface area contributed by atoms with Crippen molar-refractivity contribution >= 4 is 10.0 Å². The molecule has 7 heteroatoms. The van der Waals surface area contributed by atoms with Crippen molar-refractivity contribution in [1.29, 1.82) is 0 Å². The lowest BCUT2D eigenvalue weighted by Gasteiger charge is -2.22. The molecule has 0 aliphatic heterocycles. The van der Waals surface area contributed by atoms with E-state index in [9.17, 15) is 8.42 Å². The molecule has 0 saturated heterocycles. The topological polar surface area (TPSA) is 81.9 Å². The van der Waals surface area contributed by atoms with Crippen LogP contribution >= 0.6 is 0 Å². The fourth-order valence-corrected chi connectivity index (χ4v) is 4.50. The zero-order chi connectivity index (χ0) is 21.4. The summed E-state index contributed by atoms with van der Waals surface area (Å²) >= 11 is 0. The highest BCUT2D eigenvalue weighted by atomic mass is 32.2. The van der Waals surface area contributed by atoms with Crippen LogP contribution < -0.4 is 15.2 Å². The monoisotopic (exact) mass is 426 g/mol. The van der Waals surface area contributed by atoms with E-state index >= 15 is 0 Å². The van der Waals surface area contributed by atoms with Gasteiger partial charge in [0.15, 0.2) is 11.5 Å². The van der Waals surface area contributed by atoms with Crippen LogP contribution in [-0.4, -0.2) is 32.9 Å². The molecule has 3 aromatic carbocycles. The number of sulfonamides is 1. The normalized spacial score (nSPS) is 11.4. The van der Waals surface area contributed by atoms with Gasteiger partial charge in [0.2, 0.25) is 10.0 Å². The van der Waals surface area contributed by atoms with Gasteiger partial charge < -0.3 is 15.2 Å². The number of rotatable bonds is 10. The minimum atomic E-state index is -3.66. The lowest BCUT2D eigenvalue weighted by molar-refractivity contribution is 0.284. The maximum Gasteiger partial charge on any atom is 0.243 e. The Balaban J connectivity index is 1.78. The molecule has 0 saturated carbocycles. The molecule has 0 amide bonds. The molecular formula is C23H26N2O4S. The number of nitrogens with two attached hydrogens (primary N) is 1. The molecule has 0 unspecified atom stereocenters. The third kappa shape index (κ3) is 5.38. The molecule has 0 radical (unpaired) electrons. The largest absolute Gasteiger partial charge is 0.493 e. The lowest BCUT2D eigenvalue weighted by atomic mass is 10.2. The van der Waals surface area contributed by atoms with Gasteiger partial charge in [0.05, 0.1) is 12.0 Å². The Bertz CT molecular complexity index is 1040. The Morgan fingerprint density at radius 3 is 2.17 bits per heavy atom. The number of hydrogen-bond donors (Lipinski definition) is 1. The van der Waals surface area contributed by atoms with Crippen LogP contribution in [0.4, 0.5) is 0 Å². The summed E-state index contributed by atoms with van der Waals surface area (Å²) in [6.07, 6.45) is 0. The number of hydrogen-bond acceptors (Lipinski definition) is 5. The quantitative estimate of drug-likeness (QED) is 0.537. The van der Waals surface area contributed by atoms with E-state index in [1.807, 2.05) is 36.4 Å². The Morgan fingerprint density at radius 1 is 0.867 bits per heavy atom. The Labute approximate surface area is 177 Å². The fourth-order valence-electron chi connectivity index (χ4n) is 3.04. The maximum atomic E-state index is 13.0. The molecule has 0 atom stereocenters. The van der Waals surface area contributed by atoms with Crippen molar-refractivity contribution in [2.24, 2.45) is 5.73 Å². The van der Waals surface area contributed by atoms with E-state index in [-0.39, 0.29) is 24.5 Å². The second-order valence-electron chi connectivity index (χ2n) is 6.70. The molecule has 30 heavy (non-hydrogen) atoms. The number of nitrogens with zero attached hydrogens (tertiary/aromatic N) is 1. The molecule has 158 valence electrons. The maximum absolute atomic E-state index is 13.0. The first-order valence-electron chi connectivity index (χ1n) is 9.63. The minimum Gasteiger partial charge on any atom is -0.493 e. The summed E-state index contributed by atoms with van der Waals surface area (Å²) in [5.74, 6) is 1.15. The van der Waals surface area contributed by atoms with Crippen LogP contribution in [0.5, 0.6) is 11.5 Å². The van der Waals surface area contributed by atoms with Crippen LogP contribution in [0.25, 0.3) is 0 Å². The van der Waals surface area contributed by atoms with E-state index in [0.717, 1.165) is 11.1 Å². The minimum absolute atomic E-state index is 0.184. The first-order valence-corrected chi connectivity index (χ1v) is 11.1. The van der Waals surface area contributed by atoms with Gasteiger partial charge in [0.25, 0.3) is 0 Å².